The summed E-state index contributed by atoms with van der Waals surface area (Å²) in [5, 5.41) is 13.5. The Labute approximate surface area is 176 Å². The summed E-state index contributed by atoms with van der Waals surface area (Å²) in [6.07, 6.45) is 5.30. The summed E-state index contributed by atoms with van der Waals surface area (Å²) in [4.78, 5) is 35.0. The van der Waals surface area contributed by atoms with Crippen LogP contribution in [0.25, 0.3) is 0 Å². The van der Waals surface area contributed by atoms with Gasteiger partial charge in [-0.05, 0) is 49.6 Å². The van der Waals surface area contributed by atoms with Crippen LogP contribution in [0.2, 0.25) is 0 Å². The second-order valence-electron chi connectivity index (χ2n) is 6.82. The average Bonchev–Trinajstić information content (AvgIpc) is 3.48. The lowest BCUT2D eigenvalue weighted by molar-refractivity contribution is -0.387. The monoisotopic (exact) mass is 426 g/mol. The minimum atomic E-state index is -0.441. The molecule has 9 heteroatoms. The van der Waals surface area contributed by atoms with E-state index in [0.717, 1.165) is 28.4 Å². The normalized spacial score (nSPS) is 13.3. The Balaban J connectivity index is 1.60. The highest BCUT2D eigenvalue weighted by molar-refractivity contribution is 8.01. The fourth-order valence-corrected chi connectivity index (χ4v) is 4.84. The van der Waals surface area contributed by atoms with Gasteiger partial charge in [0.25, 0.3) is 11.6 Å². The topological polar surface area (TPSA) is 89.2 Å². The molecule has 148 valence electrons. The van der Waals surface area contributed by atoms with Crippen LogP contribution in [0.5, 0.6) is 0 Å². The summed E-state index contributed by atoms with van der Waals surface area (Å²) in [7, 11) is 0. The van der Waals surface area contributed by atoms with Crippen molar-refractivity contribution in [2.75, 3.05) is 0 Å². The van der Waals surface area contributed by atoms with Crippen LogP contribution in [0.15, 0.2) is 57.3 Å². The van der Waals surface area contributed by atoms with Gasteiger partial charge in [-0.15, -0.1) is 11.3 Å². The molecule has 0 saturated heterocycles. The Morgan fingerprint density at radius 1 is 1.31 bits per heavy atom. The van der Waals surface area contributed by atoms with E-state index in [0.29, 0.717) is 17.0 Å². The molecule has 2 heterocycles. The van der Waals surface area contributed by atoms with Gasteiger partial charge in [0, 0.05) is 47.7 Å². The molecule has 3 aromatic rings. The zero-order chi connectivity index (χ0) is 20.4. The fraction of sp³-hybridized carbons (Fsp3) is 0.250. The largest absolute Gasteiger partial charge is 0.331 e. The molecule has 0 atom stereocenters. The molecule has 0 aliphatic heterocycles. The highest BCUT2D eigenvalue weighted by Crippen LogP contribution is 2.37. The maximum atomic E-state index is 13.1. The molecule has 2 aromatic heterocycles. The molecule has 0 bridgehead atoms. The van der Waals surface area contributed by atoms with Crippen LogP contribution in [0.3, 0.4) is 0 Å². The van der Waals surface area contributed by atoms with Crippen LogP contribution in [-0.4, -0.2) is 31.7 Å². The zero-order valence-electron chi connectivity index (χ0n) is 15.6. The molecule has 1 fully saturated rings. The number of thiazole rings is 1. The molecule has 0 radical (unpaired) electrons. The Morgan fingerprint density at radius 2 is 2.07 bits per heavy atom. The van der Waals surface area contributed by atoms with Crippen molar-refractivity contribution in [2.45, 2.75) is 41.6 Å². The quantitative estimate of drug-likeness (QED) is 0.401. The van der Waals surface area contributed by atoms with E-state index in [-0.39, 0.29) is 17.6 Å². The van der Waals surface area contributed by atoms with Crippen LogP contribution >= 0.6 is 23.1 Å². The highest BCUT2D eigenvalue weighted by atomic mass is 32.2. The minimum Gasteiger partial charge on any atom is -0.331 e. The number of carbonyl (C=O) groups is 1. The average molecular weight is 427 g/mol. The van der Waals surface area contributed by atoms with E-state index in [2.05, 4.69) is 9.97 Å². The first-order valence-electron chi connectivity index (χ1n) is 9.09. The Morgan fingerprint density at radius 3 is 2.69 bits per heavy atom. The Bertz CT molecular complexity index is 1050. The van der Waals surface area contributed by atoms with E-state index in [1.807, 2.05) is 24.4 Å². The maximum absolute atomic E-state index is 13.1. The Hall–Kier alpha value is -2.78. The number of carbonyl (C=O) groups excluding carboxylic acids is 1. The summed E-state index contributed by atoms with van der Waals surface area (Å²) in [5.41, 5.74) is 2.12. The number of nitro groups is 1. The van der Waals surface area contributed by atoms with Gasteiger partial charge in [-0.2, -0.15) is 0 Å². The lowest BCUT2D eigenvalue weighted by Crippen LogP contribution is -2.32. The van der Waals surface area contributed by atoms with Crippen molar-refractivity contribution < 1.29 is 9.72 Å². The van der Waals surface area contributed by atoms with E-state index in [4.69, 9.17) is 0 Å². The number of rotatable bonds is 7. The molecule has 0 unspecified atom stereocenters. The van der Waals surface area contributed by atoms with Gasteiger partial charge >= 0.3 is 0 Å². The van der Waals surface area contributed by atoms with Crippen molar-refractivity contribution in [1.29, 1.82) is 0 Å². The second-order valence-corrected chi connectivity index (χ2v) is 8.96. The lowest BCUT2D eigenvalue weighted by atomic mass is 10.1. The van der Waals surface area contributed by atoms with E-state index >= 15 is 0 Å². The standard InChI is InChI=1S/C20H18N4O3S2/c1-13-12-28-20(22-13)29-18-5-2-15(10-17(18)24(26)27)19(25)23(16-3-4-16)11-14-6-8-21-9-7-14/h2,5-10,12,16H,3-4,11H2,1H3. The van der Waals surface area contributed by atoms with Crippen molar-refractivity contribution in [2.24, 2.45) is 0 Å². The third-order valence-electron chi connectivity index (χ3n) is 4.55. The Kier molecular flexibility index (Phi) is 5.59. The molecule has 1 amide bonds. The molecule has 7 nitrogen and oxygen atoms in total. The number of aromatic nitrogens is 2. The summed E-state index contributed by atoms with van der Waals surface area (Å²) < 4.78 is 0.738. The molecule has 1 aliphatic carbocycles. The van der Waals surface area contributed by atoms with Gasteiger partial charge in [-0.1, -0.05) is 11.8 Å². The summed E-state index contributed by atoms with van der Waals surface area (Å²) in [6.45, 7) is 2.35. The molecule has 0 N–H and O–H groups in total. The lowest BCUT2D eigenvalue weighted by Gasteiger charge is -2.22. The first kappa shape index (κ1) is 19.5. The summed E-state index contributed by atoms with van der Waals surface area (Å²) in [5.74, 6) is -0.186. The molecular weight excluding hydrogens is 408 g/mol. The summed E-state index contributed by atoms with van der Waals surface area (Å²) >= 11 is 2.69. The number of benzene rings is 1. The second kappa shape index (κ2) is 8.30. The number of aryl methyl sites for hydroxylation is 1. The molecule has 1 aliphatic rings. The summed E-state index contributed by atoms with van der Waals surface area (Å²) in [6, 6.07) is 8.63. The molecule has 29 heavy (non-hydrogen) atoms. The predicted octanol–water partition coefficient (Wildman–Crippen LogP) is 4.71. The first-order chi connectivity index (χ1) is 14.0. The van der Waals surface area contributed by atoms with Gasteiger partial charge in [-0.25, -0.2) is 4.98 Å². The number of amides is 1. The van der Waals surface area contributed by atoms with Crippen LogP contribution in [0, 0.1) is 17.0 Å². The van der Waals surface area contributed by atoms with Gasteiger partial charge in [0.2, 0.25) is 0 Å². The highest BCUT2D eigenvalue weighted by Gasteiger charge is 2.34. The molecule has 4 rings (SSSR count). The van der Waals surface area contributed by atoms with Crippen LogP contribution in [0.4, 0.5) is 5.69 Å². The van der Waals surface area contributed by atoms with Crippen molar-refractivity contribution in [3.8, 4) is 0 Å². The van der Waals surface area contributed by atoms with Crippen LogP contribution in [0.1, 0.15) is 34.5 Å². The number of pyridine rings is 1. The van der Waals surface area contributed by atoms with E-state index in [1.165, 1.54) is 29.2 Å². The van der Waals surface area contributed by atoms with Gasteiger partial charge in [0.15, 0.2) is 4.34 Å². The molecule has 1 saturated carbocycles. The SMILES string of the molecule is Cc1csc(Sc2ccc(C(=O)N(Cc3ccncc3)C3CC3)cc2[N+](=O)[O-])n1. The van der Waals surface area contributed by atoms with Crippen molar-refractivity contribution in [1.82, 2.24) is 14.9 Å². The zero-order valence-corrected chi connectivity index (χ0v) is 17.3. The first-order valence-corrected chi connectivity index (χ1v) is 10.8. The van der Waals surface area contributed by atoms with E-state index < -0.39 is 4.92 Å². The predicted molar refractivity (Wildman–Crippen MR) is 111 cm³/mol. The third-order valence-corrected chi connectivity index (χ3v) is 6.67. The van der Waals surface area contributed by atoms with Crippen molar-refractivity contribution in [3.63, 3.8) is 0 Å². The van der Waals surface area contributed by atoms with Crippen molar-refractivity contribution >= 4 is 34.7 Å². The fourth-order valence-electron chi connectivity index (χ4n) is 2.96. The smallest absolute Gasteiger partial charge is 0.284 e. The maximum Gasteiger partial charge on any atom is 0.284 e. The van der Waals surface area contributed by atoms with Gasteiger partial charge in [0.1, 0.15) is 0 Å². The number of hydrogen-bond acceptors (Lipinski definition) is 7. The molecular formula is C20H18N4O3S2. The van der Waals surface area contributed by atoms with Gasteiger partial charge < -0.3 is 4.90 Å². The van der Waals surface area contributed by atoms with Crippen molar-refractivity contribution in [3.05, 3.63) is 75.0 Å². The number of hydrogen-bond donors (Lipinski definition) is 0. The third kappa shape index (κ3) is 4.63. The van der Waals surface area contributed by atoms with Crippen LogP contribution in [-0.2, 0) is 6.54 Å². The van der Waals surface area contributed by atoms with E-state index in [1.54, 1.807) is 29.4 Å². The van der Waals surface area contributed by atoms with Crippen LogP contribution < -0.4 is 0 Å². The van der Waals surface area contributed by atoms with E-state index in [9.17, 15) is 14.9 Å². The minimum absolute atomic E-state index is 0.0756. The number of nitro benzene ring substituents is 1. The molecule has 1 aromatic carbocycles. The van der Waals surface area contributed by atoms with Gasteiger partial charge in [-0.3, -0.25) is 19.9 Å². The van der Waals surface area contributed by atoms with Gasteiger partial charge in [0.05, 0.1) is 9.82 Å². The molecule has 0 spiro atoms. The number of nitrogens with zero attached hydrogens (tertiary/aromatic N) is 4.